The van der Waals surface area contributed by atoms with E-state index in [-0.39, 0.29) is 24.4 Å². The topological polar surface area (TPSA) is 105 Å². The third kappa shape index (κ3) is 3.61. The molecular weight excluding hydrogens is 272 g/mol. The van der Waals surface area contributed by atoms with Crippen LogP contribution in [-0.4, -0.2) is 49.7 Å². The Kier molecular flexibility index (Phi) is 4.96. The molecular formula is C14H20N4O3. The van der Waals surface area contributed by atoms with E-state index < -0.39 is 0 Å². The summed E-state index contributed by atoms with van der Waals surface area (Å²) in [5, 5.41) is 11.8. The Morgan fingerprint density at radius 2 is 2.33 bits per heavy atom. The van der Waals surface area contributed by atoms with Crippen molar-refractivity contribution in [1.82, 2.24) is 4.90 Å². The number of anilines is 1. The monoisotopic (exact) mass is 292 g/mol. The van der Waals surface area contributed by atoms with Crippen molar-refractivity contribution in [3.05, 3.63) is 16.9 Å². The molecule has 1 aromatic rings. The highest BCUT2D eigenvalue weighted by molar-refractivity contribution is 5.92. The van der Waals surface area contributed by atoms with Crippen molar-refractivity contribution in [2.24, 2.45) is 5.73 Å². The highest BCUT2D eigenvalue weighted by atomic mass is 16.5. The fourth-order valence-electron chi connectivity index (χ4n) is 2.29. The summed E-state index contributed by atoms with van der Waals surface area (Å²) in [6.07, 6.45) is -0.0330. The lowest BCUT2D eigenvalue weighted by Crippen LogP contribution is -2.48. The molecule has 7 heteroatoms. The second-order valence-electron chi connectivity index (χ2n) is 5.11. The molecule has 0 aliphatic carbocycles. The minimum absolute atomic E-state index is 0.0330. The highest BCUT2D eigenvalue weighted by Gasteiger charge is 2.22. The summed E-state index contributed by atoms with van der Waals surface area (Å²) in [6, 6.07) is 2.05. The van der Waals surface area contributed by atoms with Gasteiger partial charge in [0.05, 0.1) is 19.3 Å². The van der Waals surface area contributed by atoms with Crippen LogP contribution in [0.3, 0.4) is 0 Å². The fraction of sp³-hybridized carbons (Fsp3) is 0.571. The molecule has 1 unspecified atom stereocenters. The van der Waals surface area contributed by atoms with Gasteiger partial charge in [0.25, 0.3) is 0 Å². The quantitative estimate of drug-likeness (QED) is 0.830. The number of aryl methyl sites for hydroxylation is 1. The molecule has 1 amide bonds. The van der Waals surface area contributed by atoms with Gasteiger partial charge in [0.2, 0.25) is 11.8 Å². The summed E-state index contributed by atoms with van der Waals surface area (Å²) in [5.41, 5.74) is 6.70. The molecule has 1 aliphatic heterocycles. The molecule has 7 nitrogen and oxygen atoms in total. The van der Waals surface area contributed by atoms with Crippen LogP contribution in [0.4, 0.5) is 5.88 Å². The molecule has 21 heavy (non-hydrogen) atoms. The van der Waals surface area contributed by atoms with E-state index in [1.54, 1.807) is 13.8 Å². The van der Waals surface area contributed by atoms with Gasteiger partial charge in [-0.2, -0.15) is 5.26 Å². The van der Waals surface area contributed by atoms with Crippen molar-refractivity contribution < 1.29 is 13.9 Å². The molecule has 2 heterocycles. The molecule has 3 N–H and O–H groups in total. The molecule has 0 saturated carbocycles. The average molecular weight is 292 g/mol. The zero-order valence-electron chi connectivity index (χ0n) is 12.3. The number of amides is 1. The van der Waals surface area contributed by atoms with E-state index >= 15 is 0 Å². The molecule has 1 fully saturated rings. The summed E-state index contributed by atoms with van der Waals surface area (Å²) >= 11 is 0. The third-order valence-electron chi connectivity index (χ3n) is 3.60. The lowest BCUT2D eigenvalue weighted by atomic mass is 10.2. The van der Waals surface area contributed by atoms with Crippen LogP contribution in [0, 0.1) is 25.2 Å². The number of hydrogen-bond donors (Lipinski definition) is 2. The number of nitrogens with two attached hydrogens (primary N) is 1. The van der Waals surface area contributed by atoms with Gasteiger partial charge in [0, 0.05) is 25.2 Å². The predicted molar refractivity (Wildman–Crippen MR) is 76.8 cm³/mol. The number of nitrogens with one attached hydrogen (secondary N) is 1. The molecule has 2 rings (SSSR count). The molecule has 114 valence electrons. The molecule has 0 radical (unpaired) electrons. The maximum absolute atomic E-state index is 12.1. The Hall–Kier alpha value is -1.88. The average Bonchev–Trinajstić information content (AvgIpc) is 2.73. The Morgan fingerprint density at radius 3 is 3.00 bits per heavy atom. The molecule has 0 aromatic carbocycles. The number of morpholine rings is 1. The number of hydrogen-bond acceptors (Lipinski definition) is 6. The maximum Gasteiger partial charge on any atom is 0.240 e. The van der Waals surface area contributed by atoms with Crippen LogP contribution in [-0.2, 0) is 9.53 Å². The lowest BCUT2D eigenvalue weighted by Gasteiger charge is -2.31. The van der Waals surface area contributed by atoms with Gasteiger partial charge in [0.15, 0.2) is 0 Å². The van der Waals surface area contributed by atoms with Gasteiger partial charge in [-0.25, -0.2) is 0 Å². The standard InChI is InChI=1S/C14H20N4O3/c1-9-10(2)21-14(12(9)6-16)17-13(19)8-18-3-4-20-11(5-15)7-18/h11H,3-5,7-8,15H2,1-2H3,(H,17,19). The number of nitriles is 1. The van der Waals surface area contributed by atoms with E-state index in [9.17, 15) is 4.79 Å². The number of rotatable bonds is 4. The summed E-state index contributed by atoms with van der Waals surface area (Å²) in [5.74, 6) is 0.649. The maximum atomic E-state index is 12.1. The highest BCUT2D eigenvalue weighted by Crippen LogP contribution is 2.25. The van der Waals surface area contributed by atoms with Gasteiger partial charge in [0.1, 0.15) is 17.4 Å². The van der Waals surface area contributed by atoms with Crippen LogP contribution in [0.5, 0.6) is 0 Å². The first-order valence-corrected chi connectivity index (χ1v) is 6.89. The molecule has 1 saturated heterocycles. The van der Waals surface area contributed by atoms with E-state index in [0.717, 1.165) is 5.56 Å². The van der Waals surface area contributed by atoms with Crippen LogP contribution in [0.15, 0.2) is 4.42 Å². The van der Waals surface area contributed by atoms with E-state index in [1.807, 2.05) is 4.90 Å². The van der Waals surface area contributed by atoms with Crippen molar-refractivity contribution >= 4 is 11.8 Å². The Balaban J connectivity index is 1.96. The summed E-state index contributed by atoms with van der Waals surface area (Å²) in [7, 11) is 0. The second kappa shape index (κ2) is 6.72. The van der Waals surface area contributed by atoms with E-state index in [0.29, 0.717) is 37.6 Å². The van der Waals surface area contributed by atoms with Crippen LogP contribution in [0.25, 0.3) is 0 Å². The predicted octanol–water partition coefficient (Wildman–Crippen LogP) is 0.366. The minimum atomic E-state index is -0.210. The van der Waals surface area contributed by atoms with Crippen molar-refractivity contribution in [1.29, 1.82) is 5.26 Å². The third-order valence-corrected chi connectivity index (χ3v) is 3.60. The zero-order valence-corrected chi connectivity index (χ0v) is 12.3. The molecule has 1 atom stereocenters. The largest absolute Gasteiger partial charge is 0.444 e. The van der Waals surface area contributed by atoms with Gasteiger partial charge in [-0.05, 0) is 13.8 Å². The van der Waals surface area contributed by atoms with Crippen molar-refractivity contribution in [3.8, 4) is 6.07 Å². The van der Waals surface area contributed by atoms with Crippen LogP contribution >= 0.6 is 0 Å². The Labute approximate surface area is 123 Å². The van der Waals surface area contributed by atoms with Crippen LogP contribution in [0.1, 0.15) is 16.9 Å². The van der Waals surface area contributed by atoms with E-state index in [4.69, 9.17) is 20.1 Å². The number of ether oxygens (including phenoxy) is 1. The van der Waals surface area contributed by atoms with E-state index in [1.165, 1.54) is 0 Å². The van der Waals surface area contributed by atoms with Gasteiger partial charge in [-0.1, -0.05) is 0 Å². The molecule has 1 aromatic heterocycles. The number of furan rings is 1. The number of carbonyl (C=O) groups is 1. The Morgan fingerprint density at radius 1 is 1.57 bits per heavy atom. The van der Waals surface area contributed by atoms with Crippen LogP contribution < -0.4 is 11.1 Å². The Bertz CT molecular complexity index is 561. The summed E-state index contributed by atoms with van der Waals surface area (Å²) in [6.45, 7) is 6.10. The summed E-state index contributed by atoms with van der Waals surface area (Å²) < 4.78 is 10.9. The van der Waals surface area contributed by atoms with Gasteiger partial charge in [-0.3, -0.25) is 15.0 Å². The number of nitrogens with zero attached hydrogens (tertiary/aromatic N) is 2. The summed E-state index contributed by atoms with van der Waals surface area (Å²) in [4.78, 5) is 14.0. The van der Waals surface area contributed by atoms with Crippen LogP contribution in [0.2, 0.25) is 0 Å². The van der Waals surface area contributed by atoms with Crippen molar-refractivity contribution in [3.63, 3.8) is 0 Å². The van der Waals surface area contributed by atoms with Gasteiger partial charge >= 0.3 is 0 Å². The smallest absolute Gasteiger partial charge is 0.240 e. The lowest BCUT2D eigenvalue weighted by molar-refractivity contribution is -0.119. The van der Waals surface area contributed by atoms with Gasteiger partial charge in [-0.15, -0.1) is 0 Å². The van der Waals surface area contributed by atoms with E-state index in [2.05, 4.69) is 11.4 Å². The molecule has 1 aliphatic rings. The first-order chi connectivity index (χ1) is 10.0. The van der Waals surface area contributed by atoms with Gasteiger partial charge < -0.3 is 14.9 Å². The molecule has 0 spiro atoms. The van der Waals surface area contributed by atoms with Crippen molar-refractivity contribution in [2.45, 2.75) is 20.0 Å². The fourth-order valence-corrected chi connectivity index (χ4v) is 2.29. The minimum Gasteiger partial charge on any atom is -0.444 e. The van der Waals surface area contributed by atoms with Crippen molar-refractivity contribution in [2.75, 3.05) is 38.1 Å². The number of carbonyl (C=O) groups excluding carboxylic acids is 1. The first-order valence-electron chi connectivity index (χ1n) is 6.89. The zero-order chi connectivity index (χ0) is 15.4. The second-order valence-corrected chi connectivity index (χ2v) is 5.11. The normalized spacial score (nSPS) is 19.2. The molecule has 0 bridgehead atoms. The first kappa shape index (κ1) is 15.5. The SMILES string of the molecule is Cc1oc(NC(=O)CN2CCOC(CN)C2)c(C#N)c1C.